The van der Waals surface area contributed by atoms with Crippen LogP contribution in [0, 0.1) is 18.3 Å². The predicted molar refractivity (Wildman–Crippen MR) is 94.5 cm³/mol. The molecule has 0 unspecified atom stereocenters. The number of thiazole rings is 1. The summed E-state index contributed by atoms with van der Waals surface area (Å²) in [5.41, 5.74) is 7.07. The van der Waals surface area contributed by atoms with Crippen molar-refractivity contribution in [1.29, 1.82) is 5.26 Å². The quantitative estimate of drug-likeness (QED) is 0.571. The largest absolute Gasteiger partial charge is 0.277 e. The van der Waals surface area contributed by atoms with Gasteiger partial charge in [0.1, 0.15) is 6.07 Å². The molecule has 0 saturated heterocycles. The Labute approximate surface area is 138 Å². The number of hydrogen-bond donors (Lipinski definition) is 1. The fourth-order valence-electron chi connectivity index (χ4n) is 1.99. The highest BCUT2D eigenvalue weighted by molar-refractivity contribution is 7.12. The van der Waals surface area contributed by atoms with Crippen LogP contribution < -0.4 is 5.43 Å². The maximum Gasteiger partial charge on any atom is 0.196 e. The van der Waals surface area contributed by atoms with Gasteiger partial charge in [-0.05, 0) is 19.1 Å². The third kappa shape index (κ3) is 3.62. The topological polar surface area (TPSA) is 61.1 Å². The first-order valence-corrected chi connectivity index (χ1v) is 7.96. The average Bonchev–Trinajstić information content (AvgIpc) is 3.08. The van der Waals surface area contributed by atoms with Gasteiger partial charge in [-0.15, -0.1) is 11.3 Å². The molecule has 3 rings (SSSR count). The van der Waals surface area contributed by atoms with E-state index in [0.29, 0.717) is 5.01 Å². The van der Waals surface area contributed by atoms with Gasteiger partial charge in [0.15, 0.2) is 10.7 Å². The van der Waals surface area contributed by atoms with E-state index < -0.39 is 0 Å². The molecule has 1 heterocycles. The van der Waals surface area contributed by atoms with Gasteiger partial charge in [-0.3, -0.25) is 5.43 Å². The number of aryl methyl sites for hydroxylation is 1. The van der Waals surface area contributed by atoms with Crippen LogP contribution >= 0.6 is 11.3 Å². The normalized spacial score (nSPS) is 11.0. The summed E-state index contributed by atoms with van der Waals surface area (Å²) in [4.78, 5) is 4.50. The number of nitrogens with one attached hydrogen (secondary N) is 1. The lowest BCUT2D eigenvalue weighted by molar-refractivity contribution is 1.30. The summed E-state index contributed by atoms with van der Waals surface area (Å²) >= 11 is 1.41. The Hall–Kier alpha value is -2.97. The van der Waals surface area contributed by atoms with E-state index in [1.54, 1.807) is 0 Å². The number of benzene rings is 2. The molecule has 0 atom stereocenters. The molecule has 3 aromatic rings. The van der Waals surface area contributed by atoms with Crippen molar-refractivity contribution in [2.24, 2.45) is 5.10 Å². The summed E-state index contributed by atoms with van der Waals surface area (Å²) in [6.07, 6.45) is 0. The van der Waals surface area contributed by atoms with Crippen molar-refractivity contribution in [3.05, 3.63) is 70.5 Å². The van der Waals surface area contributed by atoms with Crippen LogP contribution in [-0.4, -0.2) is 10.7 Å². The first-order valence-electron chi connectivity index (χ1n) is 7.08. The summed E-state index contributed by atoms with van der Waals surface area (Å²) < 4.78 is 0. The van der Waals surface area contributed by atoms with Crippen molar-refractivity contribution in [3.63, 3.8) is 0 Å². The standard InChI is InChI=1S/C18H14N4S/c1-13-7-9-15(10-8-13)21-22-16(11-19)18-20-17(12-23-18)14-5-3-2-4-6-14/h2-10,12,21H,1H3/b22-16-. The monoisotopic (exact) mass is 318 g/mol. The average molecular weight is 318 g/mol. The molecule has 5 heteroatoms. The minimum atomic E-state index is 0.276. The molecule has 4 nitrogen and oxygen atoms in total. The number of hydrazone groups is 1. The molecule has 0 aliphatic rings. The molecular weight excluding hydrogens is 304 g/mol. The van der Waals surface area contributed by atoms with Crippen molar-refractivity contribution in [2.45, 2.75) is 6.92 Å². The lowest BCUT2D eigenvalue weighted by Crippen LogP contribution is -2.01. The summed E-state index contributed by atoms with van der Waals surface area (Å²) in [5, 5.41) is 16.0. The maximum atomic E-state index is 9.33. The molecule has 0 radical (unpaired) electrons. The van der Waals surface area contributed by atoms with Gasteiger partial charge in [0, 0.05) is 10.9 Å². The van der Waals surface area contributed by atoms with Crippen molar-refractivity contribution >= 4 is 22.7 Å². The molecule has 112 valence electrons. The van der Waals surface area contributed by atoms with Gasteiger partial charge < -0.3 is 0 Å². The number of nitrogens with zero attached hydrogens (tertiary/aromatic N) is 3. The Balaban J connectivity index is 1.81. The zero-order valence-electron chi connectivity index (χ0n) is 12.5. The Morgan fingerprint density at radius 2 is 1.87 bits per heavy atom. The van der Waals surface area contributed by atoms with Crippen LogP contribution in [0.2, 0.25) is 0 Å². The summed E-state index contributed by atoms with van der Waals surface area (Å²) in [6.45, 7) is 2.02. The molecule has 0 fully saturated rings. The Morgan fingerprint density at radius 1 is 1.13 bits per heavy atom. The lowest BCUT2D eigenvalue weighted by atomic mass is 10.2. The molecule has 0 spiro atoms. The van der Waals surface area contributed by atoms with Crippen LogP contribution in [0.15, 0.2) is 65.1 Å². The molecule has 0 aliphatic heterocycles. The smallest absolute Gasteiger partial charge is 0.196 e. The van der Waals surface area contributed by atoms with Crippen molar-refractivity contribution in [2.75, 3.05) is 5.43 Å². The van der Waals surface area contributed by atoms with Gasteiger partial charge in [-0.1, -0.05) is 48.0 Å². The van der Waals surface area contributed by atoms with E-state index in [1.807, 2.05) is 66.9 Å². The second kappa shape index (κ2) is 6.86. The van der Waals surface area contributed by atoms with E-state index >= 15 is 0 Å². The number of nitriles is 1. The molecule has 0 saturated carbocycles. The molecule has 0 bridgehead atoms. The van der Waals surface area contributed by atoms with Crippen LogP contribution in [0.4, 0.5) is 5.69 Å². The highest BCUT2D eigenvalue weighted by Gasteiger charge is 2.10. The molecule has 2 aromatic carbocycles. The molecular formula is C18H14N4S. The molecule has 0 amide bonds. The van der Waals surface area contributed by atoms with Gasteiger partial charge in [-0.25, -0.2) is 4.98 Å². The molecule has 0 aliphatic carbocycles. The molecule has 1 aromatic heterocycles. The molecule has 1 N–H and O–H groups in total. The highest BCUT2D eigenvalue weighted by atomic mass is 32.1. The minimum absolute atomic E-state index is 0.276. The van der Waals surface area contributed by atoms with E-state index in [-0.39, 0.29) is 5.71 Å². The number of rotatable bonds is 4. The van der Waals surface area contributed by atoms with E-state index in [0.717, 1.165) is 16.9 Å². The SMILES string of the molecule is Cc1ccc(N/N=C(/C#N)c2nc(-c3ccccc3)cs2)cc1. The highest BCUT2D eigenvalue weighted by Crippen LogP contribution is 2.22. The number of hydrogen-bond acceptors (Lipinski definition) is 5. The fourth-order valence-corrected chi connectivity index (χ4v) is 2.76. The molecule has 23 heavy (non-hydrogen) atoms. The minimum Gasteiger partial charge on any atom is -0.277 e. The second-order valence-electron chi connectivity index (χ2n) is 4.95. The Morgan fingerprint density at radius 3 is 2.57 bits per heavy atom. The summed E-state index contributed by atoms with van der Waals surface area (Å²) in [7, 11) is 0. The third-order valence-corrected chi connectivity index (χ3v) is 4.08. The first-order chi connectivity index (χ1) is 11.3. The summed E-state index contributed by atoms with van der Waals surface area (Å²) in [5.74, 6) is 0. The van der Waals surface area contributed by atoms with Crippen LogP contribution in [0.1, 0.15) is 10.6 Å². The van der Waals surface area contributed by atoms with Crippen LogP contribution in [0.3, 0.4) is 0 Å². The van der Waals surface area contributed by atoms with E-state index in [2.05, 4.69) is 21.6 Å². The predicted octanol–water partition coefficient (Wildman–Crippen LogP) is 4.46. The van der Waals surface area contributed by atoms with Crippen LogP contribution in [-0.2, 0) is 0 Å². The third-order valence-electron chi connectivity index (χ3n) is 3.23. The van der Waals surface area contributed by atoms with Crippen molar-refractivity contribution in [3.8, 4) is 17.3 Å². The van der Waals surface area contributed by atoms with Crippen LogP contribution in [0.5, 0.6) is 0 Å². The summed E-state index contributed by atoms with van der Waals surface area (Å²) in [6, 6.07) is 19.8. The Kier molecular flexibility index (Phi) is 4.46. The van der Waals surface area contributed by atoms with E-state index in [9.17, 15) is 5.26 Å². The van der Waals surface area contributed by atoms with Gasteiger partial charge in [0.2, 0.25) is 0 Å². The van der Waals surface area contributed by atoms with Crippen molar-refractivity contribution in [1.82, 2.24) is 4.98 Å². The van der Waals surface area contributed by atoms with E-state index in [1.165, 1.54) is 16.9 Å². The van der Waals surface area contributed by atoms with Crippen molar-refractivity contribution < 1.29 is 0 Å². The van der Waals surface area contributed by atoms with Gasteiger partial charge in [0.05, 0.1) is 11.4 Å². The zero-order valence-corrected chi connectivity index (χ0v) is 13.3. The van der Waals surface area contributed by atoms with Gasteiger partial charge in [-0.2, -0.15) is 10.4 Å². The number of aromatic nitrogens is 1. The zero-order chi connectivity index (χ0) is 16.1. The van der Waals surface area contributed by atoms with Gasteiger partial charge >= 0.3 is 0 Å². The van der Waals surface area contributed by atoms with Crippen LogP contribution in [0.25, 0.3) is 11.3 Å². The maximum absolute atomic E-state index is 9.33. The first kappa shape index (κ1) is 14.9. The second-order valence-corrected chi connectivity index (χ2v) is 5.81. The lowest BCUT2D eigenvalue weighted by Gasteiger charge is -2.01. The van der Waals surface area contributed by atoms with Gasteiger partial charge in [0.25, 0.3) is 0 Å². The Bertz CT molecular complexity index is 858. The number of anilines is 1. The fraction of sp³-hybridized carbons (Fsp3) is 0.0556. The van der Waals surface area contributed by atoms with E-state index in [4.69, 9.17) is 0 Å².